The van der Waals surface area contributed by atoms with E-state index in [1.807, 2.05) is 18.2 Å². The van der Waals surface area contributed by atoms with E-state index in [9.17, 15) is 4.79 Å². The van der Waals surface area contributed by atoms with Gasteiger partial charge in [-0.3, -0.25) is 4.79 Å². The monoisotopic (exact) mass is 315 g/mol. The highest BCUT2D eigenvalue weighted by atomic mass is 16.5. The Bertz CT molecular complexity index is 849. The van der Waals surface area contributed by atoms with E-state index in [0.29, 0.717) is 28.4 Å². The topological polar surface area (TPSA) is 50.1 Å². The molecule has 0 spiro atoms. The van der Waals surface area contributed by atoms with Gasteiger partial charge in [-0.15, -0.1) is 0 Å². The Kier molecular flexibility index (Phi) is 4.64. The van der Waals surface area contributed by atoms with E-state index in [1.54, 1.807) is 37.3 Å². The minimum atomic E-state index is -0.623. The second-order valence-electron chi connectivity index (χ2n) is 5.86. The number of hydrogen-bond donors (Lipinski definition) is 0. The van der Waals surface area contributed by atoms with Gasteiger partial charge in [0.15, 0.2) is 6.10 Å². The summed E-state index contributed by atoms with van der Waals surface area (Å²) in [5.74, 6) is 7.18. The smallest absolute Gasteiger partial charge is 0.202 e. The van der Waals surface area contributed by atoms with Crippen LogP contribution in [0.15, 0.2) is 48.5 Å². The van der Waals surface area contributed by atoms with Gasteiger partial charge in [0.05, 0.1) is 17.2 Å². The molecule has 1 aliphatic carbocycles. The number of carbonyl (C=O) groups is 1. The first-order valence-electron chi connectivity index (χ1n) is 7.99. The Labute approximate surface area is 141 Å². The molecule has 1 fully saturated rings. The molecule has 0 N–H and O–H groups in total. The van der Waals surface area contributed by atoms with Crippen molar-refractivity contribution in [3.63, 3.8) is 0 Å². The molecule has 118 valence electrons. The highest BCUT2D eigenvalue weighted by molar-refractivity contribution is 5.99. The largest absolute Gasteiger partial charge is 0.481 e. The molecule has 0 heterocycles. The minimum Gasteiger partial charge on any atom is -0.481 e. The van der Waals surface area contributed by atoms with Gasteiger partial charge < -0.3 is 4.74 Å². The summed E-state index contributed by atoms with van der Waals surface area (Å²) in [4.78, 5) is 12.4. The van der Waals surface area contributed by atoms with Gasteiger partial charge in [0.2, 0.25) is 5.78 Å². The SMILES string of the molecule is CC(Oc1ccc(C#N)cc1C#CC1CC1)C(=O)c1ccccc1. The molecular weight excluding hydrogens is 298 g/mol. The van der Waals surface area contributed by atoms with Crippen LogP contribution in [0.5, 0.6) is 5.75 Å². The lowest BCUT2D eigenvalue weighted by Gasteiger charge is -2.15. The summed E-state index contributed by atoms with van der Waals surface area (Å²) in [5, 5.41) is 9.07. The van der Waals surface area contributed by atoms with E-state index in [-0.39, 0.29) is 5.78 Å². The van der Waals surface area contributed by atoms with Crippen LogP contribution in [-0.2, 0) is 0 Å². The van der Waals surface area contributed by atoms with Crippen LogP contribution in [0.3, 0.4) is 0 Å². The summed E-state index contributed by atoms with van der Waals surface area (Å²) in [6.45, 7) is 1.73. The maximum atomic E-state index is 12.4. The van der Waals surface area contributed by atoms with Gasteiger partial charge in [-0.2, -0.15) is 5.26 Å². The van der Waals surface area contributed by atoms with E-state index >= 15 is 0 Å². The third kappa shape index (κ3) is 3.83. The van der Waals surface area contributed by atoms with Gasteiger partial charge >= 0.3 is 0 Å². The number of carbonyl (C=O) groups excluding carboxylic acids is 1. The number of ketones is 1. The van der Waals surface area contributed by atoms with Gasteiger partial charge in [0.1, 0.15) is 5.75 Å². The van der Waals surface area contributed by atoms with Crippen molar-refractivity contribution in [3.05, 3.63) is 65.2 Å². The molecule has 2 aromatic rings. The summed E-state index contributed by atoms with van der Waals surface area (Å²) in [5.41, 5.74) is 1.81. The summed E-state index contributed by atoms with van der Waals surface area (Å²) >= 11 is 0. The number of rotatable bonds is 4. The molecular formula is C21H17NO2. The van der Waals surface area contributed by atoms with Crippen molar-refractivity contribution in [2.24, 2.45) is 5.92 Å². The molecule has 1 aliphatic rings. The number of ether oxygens (including phenoxy) is 1. The fourth-order valence-corrected chi connectivity index (χ4v) is 2.29. The summed E-state index contributed by atoms with van der Waals surface area (Å²) in [6, 6.07) is 16.3. The average molecular weight is 315 g/mol. The van der Waals surface area contributed by atoms with Crippen molar-refractivity contribution in [1.82, 2.24) is 0 Å². The normalized spacial score (nSPS) is 14.0. The van der Waals surface area contributed by atoms with Crippen LogP contribution >= 0.6 is 0 Å². The first kappa shape index (κ1) is 15.8. The van der Waals surface area contributed by atoms with Crippen molar-refractivity contribution in [3.8, 4) is 23.7 Å². The second kappa shape index (κ2) is 7.02. The fraction of sp³-hybridized carbons (Fsp3) is 0.238. The molecule has 3 rings (SSSR count). The Balaban J connectivity index is 1.82. The molecule has 1 unspecified atom stereocenters. The van der Waals surface area contributed by atoms with Crippen LogP contribution in [0.2, 0.25) is 0 Å². The quantitative estimate of drug-likeness (QED) is 0.633. The first-order valence-corrected chi connectivity index (χ1v) is 7.99. The third-order valence-corrected chi connectivity index (χ3v) is 3.83. The lowest BCUT2D eigenvalue weighted by molar-refractivity contribution is 0.0818. The molecule has 0 saturated heterocycles. The van der Waals surface area contributed by atoms with E-state index in [0.717, 1.165) is 12.8 Å². The third-order valence-electron chi connectivity index (χ3n) is 3.83. The van der Waals surface area contributed by atoms with Crippen molar-refractivity contribution >= 4 is 5.78 Å². The zero-order chi connectivity index (χ0) is 16.9. The van der Waals surface area contributed by atoms with Crippen molar-refractivity contribution in [2.75, 3.05) is 0 Å². The highest BCUT2D eigenvalue weighted by Crippen LogP contribution is 2.28. The van der Waals surface area contributed by atoms with Gasteiger partial charge in [-0.25, -0.2) is 0 Å². The maximum absolute atomic E-state index is 12.4. The predicted molar refractivity (Wildman–Crippen MR) is 91.6 cm³/mol. The molecule has 0 radical (unpaired) electrons. The Morgan fingerprint density at radius 3 is 2.62 bits per heavy atom. The second-order valence-corrected chi connectivity index (χ2v) is 5.86. The molecule has 24 heavy (non-hydrogen) atoms. The van der Waals surface area contributed by atoms with E-state index in [2.05, 4.69) is 17.9 Å². The Hall–Kier alpha value is -3.04. The Morgan fingerprint density at radius 2 is 1.96 bits per heavy atom. The summed E-state index contributed by atoms with van der Waals surface area (Å²) < 4.78 is 5.85. The van der Waals surface area contributed by atoms with Crippen LogP contribution in [0.25, 0.3) is 0 Å². The first-order chi connectivity index (χ1) is 11.7. The van der Waals surface area contributed by atoms with E-state index in [1.165, 1.54) is 0 Å². The summed E-state index contributed by atoms with van der Waals surface area (Å²) in [7, 11) is 0. The standard InChI is InChI=1S/C21H17NO2/c1-15(21(23)18-5-3-2-4-6-18)24-20-12-10-17(14-22)13-19(20)11-9-16-7-8-16/h2-6,10,12-13,15-16H,7-8H2,1H3. The number of nitrogens with zero attached hydrogens (tertiary/aromatic N) is 1. The lowest BCUT2D eigenvalue weighted by atomic mass is 10.1. The highest BCUT2D eigenvalue weighted by Gasteiger charge is 2.19. The molecule has 3 heteroatoms. The summed E-state index contributed by atoms with van der Waals surface area (Å²) in [6.07, 6.45) is 1.63. The van der Waals surface area contributed by atoms with Gasteiger partial charge in [0, 0.05) is 11.5 Å². The Morgan fingerprint density at radius 1 is 1.21 bits per heavy atom. The zero-order valence-corrected chi connectivity index (χ0v) is 13.5. The van der Waals surface area contributed by atoms with Crippen LogP contribution in [0, 0.1) is 29.1 Å². The van der Waals surface area contributed by atoms with Crippen LogP contribution in [-0.4, -0.2) is 11.9 Å². The molecule has 0 amide bonds. The number of Topliss-reactive ketones (excluding diaryl/α,β-unsaturated/α-hetero) is 1. The number of benzene rings is 2. The van der Waals surface area contributed by atoms with Crippen LogP contribution in [0.4, 0.5) is 0 Å². The number of hydrogen-bond acceptors (Lipinski definition) is 3. The molecule has 3 nitrogen and oxygen atoms in total. The fourth-order valence-electron chi connectivity index (χ4n) is 2.29. The van der Waals surface area contributed by atoms with E-state index in [4.69, 9.17) is 10.00 Å². The van der Waals surface area contributed by atoms with Gasteiger partial charge in [-0.1, -0.05) is 42.2 Å². The van der Waals surface area contributed by atoms with E-state index < -0.39 is 6.10 Å². The molecule has 1 atom stereocenters. The molecule has 0 aliphatic heterocycles. The van der Waals surface area contributed by atoms with Gasteiger partial charge in [-0.05, 0) is 38.0 Å². The van der Waals surface area contributed by atoms with Crippen molar-refractivity contribution < 1.29 is 9.53 Å². The van der Waals surface area contributed by atoms with Gasteiger partial charge in [0.25, 0.3) is 0 Å². The molecule has 1 saturated carbocycles. The average Bonchev–Trinajstić information content (AvgIpc) is 3.45. The number of nitriles is 1. The van der Waals surface area contributed by atoms with Crippen molar-refractivity contribution in [2.45, 2.75) is 25.9 Å². The molecule has 0 aromatic heterocycles. The molecule has 0 bridgehead atoms. The minimum absolute atomic E-state index is 0.0824. The van der Waals surface area contributed by atoms with Crippen LogP contribution in [0.1, 0.15) is 41.3 Å². The zero-order valence-electron chi connectivity index (χ0n) is 13.5. The molecule has 2 aromatic carbocycles. The predicted octanol–water partition coefficient (Wildman–Crippen LogP) is 3.97. The van der Waals surface area contributed by atoms with Crippen LogP contribution < -0.4 is 4.74 Å². The van der Waals surface area contributed by atoms with Crippen molar-refractivity contribution in [1.29, 1.82) is 5.26 Å². The lowest BCUT2D eigenvalue weighted by Crippen LogP contribution is -2.24. The maximum Gasteiger partial charge on any atom is 0.202 e.